The molecule has 2 amide bonds. The third-order valence-electron chi connectivity index (χ3n) is 6.17. The molecule has 32 heavy (non-hydrogen) atoms. The van der Waals surface area contributed by atoms with E-state index in [-0.39, 0.29) is 24.9 Å². The fourth-order valence-corrected chi connectivity index (χ4v) is 8.35. The molecule has 1 saturated heterocycles. The zero-order valence-corrected chi connectivity index (χ0v) is 20.4. The number of benzene rings is 1. The van der Waals surface area contributed by atoms with E-state index in [4.69, 9.17) is 5.73 Å². The summed E-state index contributed by atoms with van der Waals surface area (Å²) in [5, 5.41) is 3.47. The maximum atomic E-state index is 13.1. The van der Waals surface area contributed by atoms with Crippen molar-refractivity contribution in [3.63, 3.8) is 0 Å². The predicted molar refractivity (Wildman–Crippen MR) is 128 cm³/mol. The number of carbonyl (C=O) groups excluding carboxylic acids is 2. The third kappa shape index (κ3) is 4.46. The Morgan fingerprint density at radius 1 is 1.16 bits per heavy atom. The van der Waals surface area contributed by atoms with Gasteiger partial charge in [0.1, 0.15) is 5.00 Å². The number of amides is 2. The summed E-state index contributed by atoms with van der Waals surface area (Å²) in [4.78, 5) is 27.2. The average Bonchev–Trinajstić information content (AvgIpc) is 3.17. The third-order valence-corrected chi connectivity index (χ3v) is 10.3. The van der Waals surface area contributed by atoms with E-state index in [2.05, 4.69) is 5.32 Å². The molecular weight excluding hydrogens is 466 g/mol. The highest BCUT2D eigenvalue weighted by Crippen LogP contribution is 2.38. The molecular formula is C22H27N3O4S3. The number of carbonyl (C=O) groups is 2. The average molecular weight is 494 g/mol. The van der Waals surface area contributed by atoms with Gasteiger partial charge in [0.15, 0.2) is 0 Å². The summed E-state index contributed by atoms with van der Waals surface area (Å²) >= 11 is 2.85. The fraction of sp³-hybridized carbons (Fsp3) is 0.455. The van der Waals surface area contributed by atoms with Crippen molar-refractivity contribution in [2.24, 2.45) is 11.7 Å². The van der Waals surface area contributed by atoms with Crippen LogP contribution < -0.4 is 11.1 Å². The largest absolute Gasteiger partial charge is 0.365 e. The van der Waals surface area contributed by atoms with Gasteiger partial charge in [-0.25, -0.2) is 8.42 Å². The van der Waals surface area contributed by atoms with E-state index in [9.17, 15) is 18.0 Å². The normalized spacial score (nSPS) is 17.7. The summed E-state index contributed by atoms with van der Waals surface area (Å²) in [6.45, 7) is 0.569. The van der Waals surface area contributed by atoms with Crippen molar-refractivity contribution in [1.29, 1.82) is 0 Å². The number of aryl methyl sites for hydroxylation is 1. The Balaban J connectivity index is 1.45. The maximum Gasteiger partial charge on any atom is 0.251 e. The maximum absolute atomic E-state index is 13.1. The van der Waals surface area contributed by atoms with Crippen LogP contribution in [-0.2, 0) is 27.7 Å². The Morgan fingerprint density at radius 3 is 2.53 bits per heavy atom. The van der Waals surface area contributed by atoms with Gasteiger partial charge in [0.25, 0.3) is 5.91 Å². The molecule has 1 aromatic heterocycles. The fourth-order valence-electron chi connectivity index (χ4n) is 4.46. The van der Waals surface area contributed by atoms with E-state index in [1.807, 2.05) is 12.3 Å². The van der Waals surface area contributed by atoms with Crippen LogP contribution in [0.2, 0.25) is 0 Å². The monoisotopic (exact) mass is 493 g/mol. The minimum atomic E-state index is -3.61. The lowest BCUT2D eigenvalue weighted by Gasteiger charge is -2.31. The summed E-state index contributed by atoms with van der Waals surface area (Å²) < 4.78 is 27.7. The molecule has 2 aromatic rings. The molecule has 4 rings (SSSR count). The second kappa shape index (κ2) is 9.54. The molecule has 1 fully saturated rings. The van der Waals surface area contributed by atoms with Crippen LogP contribution in [0.5, 0.6) is 0 Å². The van der Waals surface area contributed by atoms with Crippen LogP contribution in [0, 0.1) is 5.92 Å². The van der Waals surface area contributed by atoms with Crippen LogP contribution >= 0.6 is 23.1 Å². The van der Waals surface area contributed by atoms with Crippen LogP contribution in [0.15, 0.2) is 34.1 Å². The van der Waals surface area contributed by atoms with Gasteiger partial charge in [0.2, 0.25) is 15.9 Å². The van der Waals surface area contributed by atoms with Crippen molar-refractivity contribution >= 4 is 49.9 Å². The first-order valence-electron chi connectivity index (χ1n) is 10.7. The van der Waals surface area contributed by atoms with E-state index in [0.717, 1.165) is 36.1 Å². The van der Waals surface area contributed by atoms with E-state index in [1.165, 1.54) is 27.4 Å². The zero-order valence-electron chi connectivity index (χ0n) is 17.9. The minimum absolute atomic E-state index is 0.173. The van der Waals surface area contributed by atoms with Crippen molar-refractivity contribution in [3.8, 4) is 0 Å². The first-order chi connectivity index (χ1) is 15.3. The number of piperidine rings is 1. The van der Waals surface area contributed by atoms with Crippen LogP contribution in [0.3, 0.4) is 0 Å². The van der Waals surface area contributed by atoms with Crippen LogP contribution in [0.25, 0.3) is 0 Å². The molecule has 0 bridgehead atoms. The lowest BCUT2D eigenvalue weighted by Crippen LogP contribution is -2.41. The first kappa shape index (κ1) is 23.3. The Bertz CT molecular complexity index is 1140. The van der Waals surface area contributed by atoms with E-state index < -0.39 is 15.9 Å². The number of sulfonamides is 1. The molecule has 7 nitrogen and oxygen atoms in total. The Kier molecular flexibility index (Phi) is 6.94. The second-order valence-electron chi connectivity index (χ2n) is 8.10. The molecule has 0 saturated carbocycles. The summed E-state index contributed by atoms with van der Waals surface area (Å²) in [5.41, 5.74) is 7.06. The number of thiophene rings is 1. The lowest BCUT2D eigenvalue weighted by molar-refractivity contribution is -0.120. The number of thioether (sulfide) groups is 1. The van der Waals surface area contributed by atoms with E-state index in [0.29, 0.717) is 33.2 Å². The van der Waals surface area contributed by atoms with Crippen molar-refractivity contribution in [2.75, 3.05) is 24.7 Å². The van der Waals surface area contributed by atoms with Gasteiger partial charge in [-0.3, -0.25) is 9.59 Å². The Hall–Kier alpha value is -1.88. The minimum Gasteiger partial charge on any atom is -0.365 e. The number of fused-ring (bicyclic) bond motifs is 1. The summed E-state index contributed by atoms with van der Waals surface area (Å²) in [6, 6.07) is 6.98. The highest BCUT2D eigenvalue weighted by atomic mass is 32.2. The Labute approximate surface area is 196 Å². The molecule has 172 valence electrons. The molecule has 0 unspecified atom stereocenters. The molecule has 2 heterocycles. The molecule has 0 spiro atoms. The standard InChI is InChI=1S/C22H27N3O4S3/c1-30-17-8-4-5-9-18(17)32(28,29)25-12-10-14(11-13-25)21(27)24-22-19(20(23)26)15-6-2-3-7-16(15)31-22/h4-5,8-9,14H,2-3,6-7,10-13H2,1H3,(H2,23,26)(H,24,27). The summed E-state index contributed by atoms with van der Waals surface area (Å²) in [5.74, 6) is -0.988. The molecule has 3 N–H and O–H groups in total. The molecule has 10 heteroatoms. The number of nitrogens with one attached hydrogen (secondary N) is 1. The van der Waals surface area contributed by atoms with Crippen molar-refractivity contribution in [2.45, 2.75) is 48.3 Å². The number of nitrogens with two attached hydrogens (primary N) is 1. The van der Waals surface area contributed by atoms with Crippen molar-refractivity contribution in [3.05, 3.63) is 40.3 Å². The van der Waals surface area contributed by atoms with Gasteiger partial charge >= 0.3 is 0 Å². The second-order valence-corrected chi connectivity index (χ2v) is 12.0. The molecule has 1 aromatic carbocycles. The van der Waals surface area contributed by atoms with Gasteiger partial charge in [0, 0.05) is 28.8 Å². The van der Waals surface area contributed by atoms with Gasteiger partial charge in [-0.15, -0.1) is 23.1 Å². The summed E-state index contributed by atoms with van der Waals surface area (Å²) in [6.07, 6.45) is 6.54. The van der Waals surface area contributed by atoms with Gasteiger partial charge in [0.05, 0.1) is 10.5 Å². The number of hydrogen-bond donors (Lipinski definition) is 2. The van der Waals surface area contributed by atoms with Crippen LogP contribution in [0.1, 0.15) is 46.5 Å². The van der Waals surface area contributed by atoms with E-state index in [1.54, 1.807) is 18.2 Å². The number of nitrogens with zero attached hydrogens (tertiary/aromatic N) is 1. The van der Waals surface area contributed by atoms with Crippen LogP contribution in [-0.4, -0.2) is 43.9 Å². The van der Waals surface area contributed by atoms with Crippen LogP contribution in [0.4, 0.5) is 5.00 Å². The number of rotatable bonds is 6. The van der Waals surface area contributed by atoms with Gasteiger partial charge in [-0.05, 0) is 62.5 Å². The van der Waals surface area contributed by atoms with E-state index >= 15 is 0 Å². The topological polar surface area (TPSA) is 110 Å². The SMILES string of the molecule is CSc1ccccc1S(=O)(=O)N1CCC(C(=O)Nc2sc3c(c2C(N)=O)CCCC3)CC1. The number of hydrogen-bond acceptors (Lipinski definition) is 6. The number of primary amides is 1. The molecule has 2 aliphatic rings. The molecule has 1 aliphatic heterocycles. The predicted octanol–water partition coefficient (Wildman–Crippen LogP) is 3.49. The summed E-state index contributed by atoms with van der Waals surface area (Å²) in [7, 11) is -3.61. The highest BCUT2D eigenvalue weighted by molar-refractivity contribution is 7.99. The molecule has 0 radical (unpaired) electrons. The molecule has 0 atom stereocenters. The highest BCUT2D eigenvalue weighted by Gasteiger charge is 2.34. The molecule has 1 aliphatic carbocycles. The van der Waals surface area contributed by atoms with Gasteiger partial charge in [-0.2, -0.15) is 4.31 Å². The van der Waals surface area contributed by atoms with Crippen molar-refractivity contribution in [1.82, 2.24) is 4.31 Å². The van der Waals surface area contributed by atoms with Crippen molar-refractivity contribution < 1.29 is 18.0 Å². The Morgan fingerprint density at radius 2 is 1.84 bits per heavy atom. The lowest BCUT2D eigenvalue weighted by atomic mass is 9.95. The van der Waals surface area contributed by atoms with Gasteiger partial charge in [-0.1, -0.05) is 12.1 Å². The first-order valence-corrected chi connectivity index (χ1v) is 14.2. The zero-order chi connectivity index (χ0) is 22.9. The van der Waals surface area contributed by atoms with Gasteiger partial charge < -0.3 is 11.1 Å². The quantitative estimate of drug-likeness (QED) is 0.599. The smallest absolute Gasteiger partial charge is 0.251 e. The number of anilines is 1.